The molecular weight excluding hydrogens is 399 g/mol. The summed E-state index contributed by atoms with van der Waals surface area (Å²) >= 11 is 0. The third-order valence-corrected chi connectivity index (χ3v) is 6.42. The minimum absolute atomic E-state index is 0.176. The van der Waals surface area contributed by atoms with Gasteiger partial charge in [-0.25, -0.2) is 21.6 Å². The largest absolute Gasteiger partial charge is 0.255 e. The van der Waals surface area contributed by atoms with Gasteiger partial charge in [0, 0.05) is 23.2 Å². The molecule has 0 saturated carbocycles. The average molecular weight is 413 g/mol. The van der Waals surface area contributed by atoms with Gasteiger partial charge in [0.05, 0.1) is 15.3 Å². The van der Waals surface area contributed by atoms with Gasteiger partial charge in [-0.05, 0) is 54.4 Å². The maximum atomic E-state index is 14.0. The third-order valence-electron chi connectivity index (χ3n) is 4.65. The van der Waals surface area contributed by atoms with E-state index in [0.29, 0.717) is 10.9 Å². The van der Waals surface area contributed by atoms with E-state index in [1.54, 1.807) is 6.07 Å². The first-order valence-corrected chi connectivity index (χ1v) is 10.1. The molecule has 3 aromatic carbocycles. The number of aryl methyl sites for hydroxylation is 1. The molecule has 1 aromatic heterocycles. The van der Waals surface area contributed by atoms with Crippen LogP contribution in [0.25, 0.3) is 22.0 Å². The number of hydrogen-bond acceptors (Lipinski definition) is 3. The molecule has 0 amide bonds. The zero-order valence-electron chi connectivity index (χ0n) is 15.2. The molecule has 0 saturated heterocycles. The zero-order chi connectivity index (χ0) is 20.8. The number of hydrogen-bond donors (Lipinski definition) is 0. The van der Waals surface area contributed by atoms with Gasteiger partial charge in [-0.2, -0.15) is 0 Å². The van der Waals surface area contributed by atoms with Crippen molar-refractivity contribution in [1.82, 2.24) is 4.98 Å². The molecule has 0 atom stereocenters. The van der Waals surface area contributed by atoms with Crippen LogP contribution < -0.4 is 0 Å². The van der Waals surface area contributed by atoms with E-state index in [1.165, 1.54) is 55.5 Å². The fourth-order valence-corrected chi connectivity index (χ4v) is 4.61. The van der Waals surface area contributed by atoms with Crippen molar-refractivity contribution in [2.75, 3.05) is 0 Å². The molecule has 29 heavy (non-hydrogen) atoms. The Bertz CT molecular complexity index is 1370. The molecule has 0 aliphatic carbocycles. The Morgan fingerprint density at radius 2 is 1.62 bits per heavy atom. The summed E-state index contributed by atoms with van der Waals surface area (Å²) in [5.74, 6) is -1.75. The Kier molecular flexibility index (Phi) is 4.62. The molecule has 0 N–H and O–H groups in total. The van der Waals surface area contributed by atoms with Crippen LogP contribution in [-0.4, -0.2) is 13.4 Å². The van der Waals surface area contributed by atoms with Gasteiger partial charge in [0.1, 0.15) is 17.5 Å². The Balaban J connectivity index is 2.08. The summed E-state index contributed by atoms with van der Waals surface area (Å²) in [6.45, 7) is 1.52. The maximum Gasteiger partial charge on any atom is 0.208 e. The molecule has 146 valence electrons. The van der Waals surface area contributed by atoms with Crippen LogP contribution in [0.3, 0.4) is 0 Å². The predicted molar refractivity (Wildman–Crippen MR) is 104 cm³/mol. The van der Waals surface area contributed by atoms with Crippen LogP contribution >= 0.6 is 0 Å². The van der Waals surface area contributed by atoms with E-state index in [2.05, 4.69) is 4.98 Å². The lowest BCUT2D eigenvalue weighted by Gasteiger charge is -2.14. The van der Waals surface area contributed by atoms with E-state index in [0.717, 1.165) is 12.3 Å². The first-order chi connectivity index (χ1) is 13.8. The molecule has 0 unspecified atom stereocenters. The Morgan fingerprint density at radius 1 is 0.862 bits per heavy atom. The van der Waals surface area contributed by atoms with Gasteiger partial charge in [-0.3, -0.25) is 4.98 Å². The van der Waals surface area contributed by atoms with Crippen LogP contribution in [0.15, 0.2) is 76.7 Å². The molecule has 1 heterocycles. The number of aromatic nitrogens is 1. The molecule has 7 heteroatoms. The van der Waals surface area contributed by atoms with Gasteiger partial charge >= 0.3 is 0 Å². The number of nitrogens with zero attached hydrogens (tertiary/aromatic N) is 1. The number of pyridine rings is 1. The number of halogens is 3. The molecule has 4 rings (SSSR count). The summed E-state index contributed by atoms with van der Waals surface area (Å²) in [5, 5.41) is 0.339. The van der Waals surface area contributed by atoms with Crippen LogP contribution in [0, 0.1) is 24.4 Å². The fraction of sp³-hybridized carbons (Fsp3) is 0.0455. The SMILES string of the molecule is Cc1ccc(S(=O)(=O)c2cnc3cc(F)ccc3c2-c2cccc(F)c2)cc1F. The molecule has 4 aromatic rings. The number of benzene rings is 3. The molecular formula is C22H14F3NO2S. The average Bonchev–Trinajstić information content (AvgIpc) is 2.68. The zero-order valence-corrected chi connectivity index (χ0v) is 16.0. The van der Waals surface area contributed by atoms with Crippen molar-refractivity contribution in [3.05, 3.63) is 89.9 Å². The van der Waals surface area contributed by atoms with E-state index >= 15 is 0 Å². The van der Waals surface area contributed by atoms with Gasteiger partial charge in [0.25, 0.3) is 0 Å². The molecule has 0 aliphatic rings. The molecule has 3 nitrogen and oxygen atoms in total. The summed E-state index contributed by atoms with van der Waals surface area (Å²) in [5.41, 5.74) is 0.991. The quantitative estimate of drug-likeness (QED) is 0.448. The summed E-state index contributed by atoms with van der Waals surface area (Å²) in [6.07, 6.45) is 1.09. The summed E-state index contributed by atoms with van der Waals surface area (Å²) in [7, 11) is -4.19. The topological polar surface area (TPSA) is 47.0 Å². The highest BCUT2D eigenvalue weighted by molar-refractivity contribution is 7.91. The molecule has 0 fully saturated rings. The van der Waals surface area contributed by atoms with Crippen molar-refractivity contribution in [1.29, 1.82) is 0 Å². The highest BCUT2D eigenvalue weighted by Gasteiger charge is 2.25. The Hall–Kier alpha value is -3.19. The lowest BCUT2D eigenvalue weighted by molar-refractivity contribution is 0.589. The summed E-state index contributed by atoms with van der Waals surface area (Å²) in [4.78, 5) is 3.61. The Labute approximate surface area is 165 Å². The van der Waals surface area contributed by atoms with Gasteiger partial charge in [-0.15, -0.1) is 0 Å². The second kappa shape index (κ2) is 7.00. The van der Waals surface area contributed by atoms with Gasteiger partial charge in [0.2, 0.25) is 9.84 Å². The fourth-order valence-electron chi connectivity index (χ4n) is 3.16. The van der Waals surface area contributed by atoms with Crippen LogP contribution in [0.4, 0.5) is 13.2 Å². The smallest absolute Gasteiger partial charge is 0.208 e. The summed E-state index contributed by atoms with van der Waals surface area (Å²) in [6, 6.07) is 12.8. The standard InChI is InChI=1S/C22H14F3NO2S/c1-13-5-7-17(11-19(13)25)29(27,28)21-12-26-20-10-16(24)6-8-18(20)22(21)14-3-2-4-15(23)9-14/h2-12H,1H3. The summed E-state index contributed by atoms with van der Waals surface area (Å²) < 4.78 is 68.2. The van der Waals surface area contributed by atoms with Gasteiger partial charge in [0.15, 0.2) is 0 Å². The molecule has 0 bridgehead atoms. The van der Waals surface area contributed by atoms with Crippen molar-refractivity contribution in [3.63, 3.8) is 0 Å². The molecule has 0 aliphatic heterocycles. The van der Waals surface area contributed by atoms with Crippen molar-refractivity contribution >= 4 is 20.7 Å². The Morgan fingerprint density at radius 3 is 2.34 bits per heavy atom. The minimum atomic E-state index is -4.19. The molecule has 0 spiro atoms. The van der Waals surface area contributed by atoms with Crippen LogP contribution in [-0.2, 0) is 9.84 Å². The first kappa shape index (κ1) is 19.1. The lowest BCUT2D eigenvalue weighted by atomic mass is 10.0. The van der Waals surface area contributed by atoms with Crippen LogP contribution in [0.2, 0.25) is 0 Å². The van der Waals surface area contributed by atoms with Crippen LogP contribution in [0.1, 0.15) is 5.56 Å². The van der Waals surface area contributed by atoms with E-state index in [1.807, 2.05) is 0 Å². The van der Waals surface area contributed by atoms with Gasteiger partial charge in [-0.1, -0.05) is 18.2 Å². The highest BCUT2D eigenvalue weighted by atomic mass is 32.2. The van der Waals surface area contributed by atoms with Crippen LogP contribution in [0.5, 0.6) is 0 Å². The van der Waals surface area contributed by atoms with Crippen molar-refractivity contribution in [2.45, 2.75) is 16.7 Å². The highest BCUT2D eigenvalue weighted by Crippen LogP contribution is 2.37. The number of sulfone groups is 1. The second-order valence-electron chi connectivity index (χ2n) is 6.58. The third kappa shape index (κ3) is 3.38. The van der Waals surface area contributed by atoms with E-state index in [4.69, 9.17) is 0 Å². The van der Waals surface area contributed by atoms with E-state index in [9.17, 15) is 21.6 Å². The van der Waals surface area contributed by atoms with Crippen molar-refractivity contribution < 1.29 is 21.6 Å². The normalized spacial score (nSPS) is 11.7. The monoisotopic (exact) mass is 413 g/mol. The van der Waals surface area contributed by atoms with Crippen molar-refractivity contribution in [2.24, 2.45) is 0 Å². The second-order valence-corrected chi connectivity index (χ2v) is 8.50. The van der Waals surface area contributed by atoms with E-state index in [-0.39, 0.29) is 26.4 Å². The van der Waals surface area contributed by atoms with Crippen molar-refractivity contribution in [3.8, 4) is 11.1 Å². The molecule has 0 radical (unpaired) electrons. The maximum absolute atomic E-state index is 14.0. The predicted octanol–water partition coefficient (Wildman–Crippen LogP) is 5.46. The van der Waals surface area contributed by atoms with E-state index < -0.39 is 27.3 Å². The minimum Gasteiger partial charge on any atom is -0.255 e. The lowest BCUT2D eigenvalue weighted by Crippen LogP contribution is -2.06. The first-order valence-electron chi connectivity index (χ1n) is 8.63. The number of rotatable bonds is 3. The van der Waals surface area contributed by atoms with Gasteiger partial charge < -0.3 is 0 Å². The number of fused-ring (bicyclic) bond motifs is 1.